The third-order valence-corrected chi connectivity index (χ3v) is 9.16. The summed E-state index contributed by atoms with van der Waals surface area (Å²) < 4.78 is 2.36. The van der Waals surface area contributed by atoms with Gasteiger partial charge in [-0.05, 0) is 28.0 Å². The fourth-order valence-corrected chi connectivity index (χ4v) is 7.27. The first kappa shape index (κ1) is 23.4. The molecule has 198 valence electrons. The van der Waals surface area contributed by atoms with E-state index in [1.807, 2.05) is 0 Å². The summed E-state index contributed by atoms with van der Waals surface area (Å²) in [7, 11) is 0. The molecule has 6 aromatic carbocycles. The van der Waals surface area contributed by atoms with Crippen LogP contribution in [0.2, 0.25) is 0 Å². The number of aromatic nitrogens is 3. The second kappa shape index (κ2) is 8.37. The molecule has 0 fully saturated rings. The largest absolute Gasteiger partial charge is 0.277 e. The summed E-state index contributed by atoms with van der Waals surface area (Å²) in [6.45, 7) is 4.70. The summed E-state index contributed by atoms with van der Waals surface area (Å²) >= 11 is 0. The van der Waals surface area contributed by atoms with Crippen LogP contribution in [-0.4, -0.2) is 14.5 Å². The average Bonchev–Trinajstić information content (AvgIpc) is 3.52. The minimum Gasteiger partial charge on any atom is -0.277 e. The number of hydrogen-bond donors (Lipinski definition) is 0. The Kier molecular flexibility index (Phi) is 4.67. The highest BCUT2D eigenvalue weighted by atomic mass is 15.2. The van der Waals surface area contributed by atoms with E-state index in [1.54, 1.807) is 0 Å². The quantitative estimate of drug-likeness (QED) is 0.205. The Morgan fingerprint density at radius 2 is 1.19 bits per heavy atom. The molecule has 3 heteroatoms. The Balaban J connectivity index is 1.52. The summed E-state index contributed by atoms with van der Waals surface area (Å²) in [6.07, 6.45) is 0. The zero-order valence-electron chi connectivity index (χ0n) is 23.5. The van der Waals surface area contributed by atoms with Crippen molar-refractivity contribution in [1.29, 1.82) is 0 Å². The molecule has 0 amide bonds. The van der Waals surface area contributed by atoms with Gasteiger partial charge >= 0.3 is 0 Å². The fraction of sp³-hybridized carbons (Fsp3) is 0.0769. The molecule has 0 bridgehead atoms. The lowest BCUT2D eigenvalue weighted by atomic mass is 9.81. The zero-order chi connectivity index (χ0) is 28.0. The molecular formula is C39H27N3. The molecule has 3 nitrogen and oxygen atoms in total. The Morgan fingerprint density at radius 3 is 2.00 bits per heavy atom. The predicted molar refractivity (Wildman–Crippen MR) is 174 cm³/mol. The molecule has 2 aromatic heterocycles. The van der Waals surface area contributed by atoms with Crippen molar-refractivity contribution in [2.75, 3.05) is 0 Å². The monoisotopic (exact) mass is 537 g/mol. The van der Waals surface area contributed by atoms with E-state index in [2.05, 4.69) is 146 Å². The maximum atomic E-state index is 5.44. The van der Waals surface area contributed by atoms with Gasteiger partial charge in [0.2, 0.25) is 5.95 Å². The number of hydrogen-bond acceptors (Lipinski definition) is 2. The summed E-state index contributed by atoms with van der Waals surface area (Å²) in [5, 5.41) is 7.04. The molecule has 0 radical (unpaired) electrons. The van der Waals surface area contributed by atoms with Crippen LogP contribution in [0.4, 0.5) is 0 Å². The van der Waals surface area contributed by atoms with Crippen molar-refractivity contribution >= 4 is 43.4 Å². The van der Waals surface area contributed by atoms with Gasteiger partial charge in [-0.25, -0.2) is 9.97 Å². The van der Waals surface area contributed by atoms with Crippen molar-refractivity contribution in [3.05, 3.63) is 139 Å². The minimum atomic E-state index is -0.163. The van der Waals surface area contributed by atoms with Crippen molar-refractivity contribution in [3.8, 4) is 28.5 Å². The molecule has 2 heterocycles. The number of fused-ring (bicyclic) bond motifs is 10. The first-order valence-corrected chi connectivity index (χ1v) is 14.5. The van der Waals surface area contributed by atoms with Gasteiger partial charge < -0.3 is 0 Å². The van der Waals surface area contributed by atoms with Gasteiger partial charge in [-0.2, -0.15) is 0 Å². The first-order chi connectivity index (χ1) is 20.6. The second-order valence-electron chi connectivity index (χ2n) is 11.8. The fourth-order valence-electron chi connectivity index (χ4n) is 7.27. The lowest BCUT2D eigenvalue weighted by Crippen LogP contribution is -2.14. The van der Waals surface area contributed by atoms with E-state index in [-0.39, 0.29) is 5.41 Å². The molecule has 42 heavy (non-hydrogen) atoms. The predicted octanol–water partition coefficient (Wildman–Crippen LogP) is 9.85. The molecule has 0 saturated heterocycles. The second-order valence-corrected chi connectivity index (χ2v) is 11.8. The van der Waals surface area contributed by atoms with Gasteiger partial charge in [0.25, 0.3) is 0 Å². The molecule has 0 N–H and O–H groups in total. The van der Waals surface area contributed by atoms with E-state index >= 15 is 0 Å². The SMILES string of the molecule is CC1(C)c2ccccc2-c2c1c1ccc3ccccc3c1n2-c1nc(-c2ccccc2)c2ccc3ccccc3c2n1. The molecule has 0 unspecified atom stereocenters. The maximum Gasteiger partial charge on any atom is 0.235 e. The van der Waals surface area contributed by atoms with E-state index in [4.69, 9.17) is 9.97 Å². The van der Waals surface area contributed by atoms with E-state index in [0.717, 1.165) is 27.5 Å². The van der Waals surface area contributed by atoms with Crippen LogP contribution >= 0.6 is 0 Å². The number of benzene rings is 6. The highest BCUT2D eigenvalue weighted by Crippen LogP contribution is 2.54. The van der Waals surface area contributed by atoms with Crippen LogP contribution in [0.25, 0.3) is 71.8 Å². The topological polar surface area (TPSA) is 30.7 Å². The Labute approximate surface area is 243 Å². The first-order valence-electron chi connectivity index (χ1n) is 14.5. The van der Waals surface area contributed by atoms with Crippen LogP contribution in [0.15, 0.2) is 127 Å². The van der Waals surface area contributed by atoms with Crippen molar-refractivity contribution < 1.29 is 0 Å². The molecule has 0 saturated carbocycles. The van der Waals surface area contributed by atoms with E-state index in [9.17, 15) is 0 Å². The van der Waals surface area contributed by atoms with Crippen molar-refractivity contribution in [3.63, 3.8) is 0 Å². The summed E-state index contributed by atoms with van der Waals surface area (Å²) in [5.41, 5.74) is 9.13. The van der Waals surface area contributed by atoms with Crippen LogP contribution in [-0.2, 0) is 5.41 Å². The van der Waals surface area contributed by atoms with Crippen LogP contribution in [0.5, 0.6) is 0 Å². The van der Waals surface area contributed by atoms with Gasteiger partial charge in [0, 0.05) is 38.1 Å². The number of rotatable bonds is 2. The van der Waals surface area contributed by atoms with Crippen LogP contribution in [0.1, 0.15) is 25.0 Å². The molecule has 1 aliphatic carbocycles. The molecule has 9 rings (SSSR count). The smallest absolute Gasteiger partial charge is 0.235 e. The molecule has 0 spiro atoms. The van der Waals surface area contributed by atoms with Gasteiger partial charge in [-0.1, -0.05) is 135 Å². The normalized spacial score (nSPS) is 13.7. The van der Waals surface area contributed by atoms with Crippen LogP contribution < -0.4 is 0 Å². The summed E-state index contributed by atoms with van der Waals surface area (Å²) in [6, 6.07) is 45.5. The minimum absolute atomic E-state index is 0.163. The molecule has 0 aliphatic heterocycles. The van der Waals surface area contributed by atoms with Gasteiger partial charge in [0.05, 0.1) is 22.4 Å². The van der Waals surface area contributed by atoms with Crippen LogP contribution in [0, 0.1) is 0 Å². The van der Waals surface area contributed by atoms with E-state index < -0.39 is 0 Å². The lowest BCUT2D eigenvalue weighted by Gasteiger charge is -2.21. The summed E-state index contributed by atoms with van der Waals surface area (Å²) in [4.78, 5) is 10.9. The number of nitrogens with zero attached hydrogens (tertiary/aromatic N) is 3. The highest BCUT2D eigenvalue weighted by molar-refractivity contribution is 6.13. The Morgan fingerprint density at radius 1 is 0.548 bits per heavy atom. The third kappa shape index (κ3) is 3.05. The molecule has 8 aromatic rings. The molecular weight excluding hydrogens is 510 g/mol. The maximum absolute atomic E-state index is 5.44. The van der Waals surface area contributed by atoms with Gasteiger partial charge in [-0.15, -0.1) is 0 Å². The molecule has 1 aliphatic rings. The zero-order valence-corrected chi connectivity index (χ0v) is 23.5. The standard InChI is InChI=1S/C39H27N3/c1-39(2)32-19-11-10-18-29(32)37-33(39)30-22-20-25-13-7-9-17-28(25)36(30)42(37)38-40-34(26-14-4-3-5-15-26)31-23-21-24-12-6-8-16-27(24)35(31)41-38/h3-23H,1-2H3. The average molecular weight is 538 g/mol. The highest BCUT2D eigenvalue weighted by Gasteiger charge is 2.41. The van der Waals surface area contributed by atoms with Crippen molar-refractivity contribution in [2.45, 2.75) is 19.3 Å². The Hall–Kier alpha value is -5.28. The third-order valence-electron chi connectivity index (χ3n) is 9.16. The Bertz CT molecular complexity index is 2380. The van der Waals surface area contributed by atoms with Crippen molar-refractivity contribution in [2.24, 2.45) is 0 Å². The van der Waals surface area contributed by atoms with E-state index in [0.29, 0.717) is 5.95 Å². The van der Waals surface area contributed by atoms with E-state index in [1.165, 1.54) is 49.4 Å². The molecule has 0 atom stereocenters. The van der Waals surface area contributed by atoms with Crippen molar-refractivity contribution in [1.82, 2.24) is 14.5 Å². The van der Waals surface area contributed by atoms with Gasteiger partial charge in [0.1, 0.15) is 0 Å². The lowest BCUT2D eigenvalue weighted by molar-refractivity contribution is 0.666. The summed E-state index contributed by atoms with van der Waals surface area (Å²) in [5.74, 6) is 0.702. The van der Waals surface area contributed by atoms with Gasteiger partial charge in [0.15, 0.2) is 0 Å². The van der Waals surface area contributed by atoms with Crippen LogP contribution in [0.3, 0.4) is 0 Å². The van der Waals surface area contributed by atoms with Gasteiger partial charge in [-0.3, -0.25) is 4.57 Å².